The molecule has 0 radical (unpaired) electrons. The summed E-state index contributed by atoms with van der Waals surface area (Å²) in [5.74, 6) is 1.44. The predicted molar refractivity (Wildman–Crippen MR) is 74.0 cm³/mol. The monoisotopic (exact) mass is 286 g/mol. The van der Waals surface area contributed by atoms with Gasteiger partial charge in [0.15, 0.2) is 0 Å². The lowest BCUT2D eigenvalue weighted by atomic mass is 10.2. The topological polar surface area (TPSA) is 62.6 Å². The van der Waals surface area contributed by atoms with Crippen LogP contribution in [0.5, 0.6) is 0 Å². The molecule has 1 saturated heterocycles. The van der Waals surface area contributed by atoms with Crippen LogP contribution in [0.15, 0.2) is 16.5 Å². The molecule has 0 amide bonds. The molecule has 1 aromatic heterocycles. The van der Waals surface area contributed by atoms with Crippen molar-refractivity contribution in [3.63, 3.8) is 0 Å². The average molecular weight is 286 g/mol. The van der Waals surface area contributed by atoms with Crippen LogP contribution in [0, 0.1) is 6.92 Å². The van der Waals surface area contributed by atoms with E-state index in [1.165, 1.54) is 0 Å². The molecule has 0 saturated carbocycles. The van der Waals surface area contributed by atoms with Gasteiger partial charge in [0.05, 0.1) is 6.04 Å². The smallest absolute Gasteiger partial charge is 0.280 e. The minimum absolute atomic E-state index is 0.345. The molecule has 108 valence electrons. The first-order valence-corrected chi connectivity index (χ1v) is 8.27. The number of hydrogen-bond acceptors (Lipinski definition) is 3. The molecule has 0 aliphatic carbocycles. The molecule has 1 aliphatic rings. The van der Waals surface area contributed by atoms with Gasteiger partial charge in [-0.1, -0.05) is 12.8 Å². The molecule has 0 unspecified atom stereocenters. The van der Waals surface area contributed by atoms with Gasteiger partial charge < -0.3 is 4.42 Å². The highest BCUT2D eigenvalue weighted by Crippen LogP contribution is 2.19. The number of rotatable bonds is 4. The van der Waals surface area contributed by atoms with Gasteiger partial charge in [-0.15, -0.1) is 0 Å². The zero-order chi connectivity index (χ0) is 13.9. The molecule has 5 nitrogen and oxygen atoms in total. The van der Waals surface area contributed by atoms with Crippen molar-refractivity contribution in [3.05, 3.63) is 23.7 Å². The Morgan fingerprint density at radius 1 is 1.21 bits per heavy atom. The van der Waals surface area contributed by atoms with Crippen LogP contribution in [-0.4, -0.2) is 25.8 Å². The van der Waals surface area contributed by atoms with E-state index in [2.05, 4.69) is 4.72 Å². The molecule has 19 heavy (non-hydrogen) atoms. The van der Waals surface area contributed by atoms with Crippen LogP contribution >= 0.6 is 0 Å². The molecule has 1 atom stereocenters. The third-order valence-electron chi connectivity index (χ3n) is 3.42. The van der Waals surface area contributed by atoms with Gasteiger partial charge in [0.25, 0.3) is 10.2 Å². The molecular weight excluding hydrogens is 264 g/mol. The Labute approximate surface area is 115 Å². The molecule has 2 heterocycles. The lowest BCUT2D eigenvalue weighted by Crippen LogP contribution is -2.42. The highest BCUT2D eigenvalue weighted by Gasteiger charge is 2.25. The van der Waals surface area contributed by atoms with Crippen LogP contribution in [0.2, 0.25) is 0 Å². The van der Waals surface area contributed by atoms with Crippen LogP contribution in [-0.2, 0) is 10.2 Å². The Hall–Kier alpha value is -0.850. The molecule has 1 N–H and O–H groups in total. The van der Waals surface area contributed by atoms with E-state index in [9.17, 15) is 8.42 Å². The SMILES string of the molecule is Cc1ccc([C@H](C)NS(=O)(=O)N2CCCCCC2)o1. The van der Waals surface area contributed by atoms with Gasteiger partial charge in [0.2, 0.25) is 0 Å². The van der Waals surface area contributed by atoms with Gasteiger partial charge in [-0.2, -0.15) is 17.4 Å². The Morgan fingerprint density at radius 3 is 2.37 bits per heavy atom. The normalized spacial score (nSPS) is 20.1. The highest BCUT2D eigenvalue weighted by molar-refractivity contribution is 7.87. The number of furan rings is 1. The first-order chi connectivity index (χ1) is 8.99. The number of aryl methyl sites for hydroxylation is 1. The second kappa shape index (κ2) is 6.07. The van der Waals surface area contributed by atoms with Crippen molar-refractivity contribution in [2.45, 2.75) is 45.6 Å². The van der Waals surface area contributed by atoms with E-state index >= 15 is 0 Å². The summed E-state index contributed by atoms with van der Waals surface area (Å²) in [5.41, 5.74) is 0. The van der Waals surface area contributed by atoms with Gasteiger partial charge in [-0.25, -0.2) is 0 Å². The van der Waals surface area contributed by atoms with Crippen molar-refractivity contribution < 1.29 is 12.8 Å². The average Bonchev–Trinajstić information content (AvgIpc) is 2.63. The van der Waals surface area contributed by atoms with Crippen LogP contribution in [0.1, 0.15) is 50.2 Å². The number of nitrogens with zero attached hydrogens (tertiary/aromatic N) is 1. The summed E-state index contributed by atoms with van der Waals surface area (Å²) in [4.78, 5) is 0. The molecule has 2 rings (SSSR count). The fourth-order valence-electron chi connectivity index (χ4n) is 2.32. The third kappa shape index (κ3) is 3.81. The van der Waals surface area contributed by atoms with E-state index < -0.39 is 10.2 Å². The predicted octanol–water partition coefficient (Wildman–Crippen LogP) is 2.36. The van der Waals surface area contributed by atoms with Gasteiger partial charge in [0.1, 0.15) is 11.5 Å². The van der Waals surface area contributed by atoms with Crippen LogP contribution in [0.3, 0.4) is 0 Å². The second-order valence-electron chi connectivity index (χ2n) is 5.11. The largest absolute Gasteiger partial charge is 0.465 e. The van der Waals surface area contributed by atoms with Crippen molar-refractivity contribution in [3.8, 4) is 0 Å². The molecule has 1 fully saturated rings. The van der Waals surface area contributed by atoms with Gasteiger partial charge in [-0.3, -0.25) is 0 Å². The quantitative estimate of drug-likeness (QED) is 0.924. The Kier molecular flexibility index (Phi) is 4.65. The lowest BCUT2D eigenvalue weighted by molar-refractivity contribution is 0.395. The van der Waals surface area contributed by atoms with Crippen molar-refractivity contribution >= 4 is 10.2 Å². The minimum atomic E-state index is -3.42. The Morgan fingerprint density at radius 2 is 1.84 bits per heavy atom. The Bertz CT molecular complexity index is 502. The molecule has 0 spiro atoms. The fourth-order valence-corrected chi connectivity index (χ4v) is 3.78. The number of hydrogen-bond donors (Lipinski definition) is 1. The van der Waals surface area contributed by atoms with Crippen molar-refractivity contribution in [2.24, 2.45) is 0 Å². The molecule has 6 heteroatoms. The van der Waals surface area contributed by atoms with E-state index in [0.29, 0.717) is 18.8 Å². The van der Waals surface area contributed by atoms with Gasteiger partial charge in [-0.05, 0) is 38.8 Å². The first-order valence-electron chi connectivity index (χ1n) is 6.83. The first kappa shape index (κ1) is 14.6. The van der Waals surface area contributed by atoms with E-state index in [1.807, 2.05) is 19.1 Å². The summed E-state index contributed by atoms with van der Waals surface area (Å²) >= 11 is 0. The van der Waals surface area contributed by atoms with Crippen molar-refractivity contribution in [1.29, 1.82) is 0 Å². The molecule has 1 aliphatic heterocycles. The maximum Gasteiger partial charge on any atom is 0.280 e. The minimum Gasteiger partial charge on any atom is -0.465 e. The molecule has 0 bridgehead atoms. The summed E-state index contributed by atoms with van der Waals surface area (Å²) in [6.45, 7) is 4.87. The molecule has 1 aromatic rings. The standard InChI is InChI=1S/C13H22N2O3S/c1-11-7-8-13(18-11)12(2)14-19(16,17)15-9-5-3-4-6-10-15/h7-8,12,14H,3-6,9-10H2,1-2H3/t12-/m0/s1. The van der Waals surface area contributed by atoms with Crippen LogP contribution in [0.4, 0.5) is 0 Å². The molecular formula is C13H22N2O3S. The van der Waals surface area contributed by atoms with E-state index in [0.717, 1.165) is 31.4 Å². The Balaban J connectivity index is 2.03. The lowest BCUT2D eigenvalue weighted by Gasteiger charge is -2.22. The maximum absolute atomic E-state index is 12.3. The van der Waals surface area contributed by atoms with E-state index in [-0.39, 0.29) is 6.04 Å². The van der Waals surface area contributed by atoms with Crippen molar-refractivity contribution in [1.82, 2.24) is 9.03 Å². The van der Waals surface area contributed by atoms with E-state index in [1.54, 1.807) is 11.2 Å². The van der Waals surface area contributed by atoms with Crippen molar-refractivity contribution in [2.75, 3.05) is 13.1 Å². The second-order valence-corrected chi connectivity index (χ2v) is 6.81. The third-order valence-corrected chi connectivity index (χ3v) is 5.11. The number of nitrogens with one attached hydrogen (secondary N) is 1. The zero-order valence-corrected chi connectivity index (χ0v) is 12.4. The summed E-state index contributed by atoms with van der Waals surface area (Å²) < 4.78 is 34.3. The van der Waals surface area contributed by atoms with Gasteiger partial charge >= 0.3 is 0 Å². The zero-order valence-electron chi connectivity index (χ0n) is 11.6. The fraction of sp³-hybridized carbons (Fsp3) is 0.692. The van der Waals surface area contributed by atoms with Gasteiger partial charge in [0, 0.05) is 13.1 Å². The van der Waals surface area contributed by atoms with Crippen LogP contribution in [0.25, 0.3) is 0 Å². The summed E-state index contributed by atoms with van der Waals surface area (Å²) in [7, 11) is -3.42. The summed E-state index contributed by atoms with van der Waals surface area (Å²) in [6.07, 6.45) is 4.10. The van der Waals surface area contributed by atoms with E-state index in [4.69, 9.17) is 4.42 Å². The summed E-state index contributed by atoms with van der Waals surface area (Å²) in [6, 6.07) is 3.30. The summed E-state index contributed by atoms with van der Waals surface area (Å²) in [5, 5.41) is 0. The molecule has 0 aromatic carbocycles. The van der Waals surface area contributed by atoms with Crippen LogP contribution < -0.4 is 4.72 Å². The highest BCUT2D eigenvalue weighted by atomic mass is 32.2. The maximum atomic E-state index is 12.3.